The van der Waals surface area contributed by atoms with Gasteiger partial charge in [0, 0.05) is 13.1 Å². The first-order valence-electron chi connectivity index (χ1n) is 6.33. The molecule has 0 bridgehead atoms. The van der Waals surface area contributed by atoms with Gasteiger partial charge in [0.15, 0.2) is 6.10 Å². The highest BCUT2D eigenvalue weighted by molar-refractivity contribution is 6.00. The zero-order valence-corrected chi connectivity index (χ0v) is 11.1. The van der Waals surface area contributed by atoms with Gasteiger partial charge in [-0.2, -0.15) is 0 Å². The highest BCUT2D eigenvalue weighted by Gasteiger charge is 2.35. The maximum atomic E-state index is 12.4. The van der Waals surface area contributed by atoms with E-state index in [1.165, 1.54) is 0 Å². The smallest absolute Gasteiger partial charge is 0.268 e. The Morgan fingerprint density at radius 2 is 2.17 bits per heavy atom. The van der Waals surface area contributed by atoms with Crippen molar-refractivity contribution in [2.75, 3.05) is 18.0 Å². The monoisotopic (exact) mass is 248 g/mol. The maximum absolute atomic E-state index is 12.4. The Hall–Kier alpha value is -1.55. The highest BCUT2D eigenvalue weighted by Crippen LogP contribution is 2.36. The van der Waals surface area contributed by atoms with Gasteiger partial charge in [0.2, 0.25) is 0 Å². The van der Waals surface area contributed by atoms with Crippen LogP contribution in [0.15, 0.2) is 18.2 Å². The molecule has 2 rings (SSSR count). The van der Waals surface area contributed by atoms with E-state index in [1.54, 1.807) is 4.90 Å². The molecule has 1 aromatic carbocycles. The minimum Gasteiger partial charge on any atom is -0.478 e. The molecular formula is C14H20N2O2. The van der Waals surface area contributed by atoms with Gasteiger partial charge in [-0.05, 0) is 30.5 Å². The molecule has 0 aliphatic carbocycles. The van der Waals surface area contributed by atoms with E-state index < -0.39 is 6.10 Å². The summed E-state index contributed by atoms with van der Waals surface area (Å²) in [5, 5.41) is 0. The van der Waals surface area contributed by atoms with Gasteiger partial charge in [-0.15, -0.1) is 0 Å². The molecule has 18 heavy (non-hydrogen) atoms. The number of amides is 1. The van der Waals surface area contributed by atoms with Crippen LogP contribution in [-0.2, 0) is 4.79 Å². The number of carbonyl (C=O) groups excluding carboxylic acids is 1. The molecule has 0 saturated carbocycles. The van der Waals surface area contributed by atoms with Crippen molar-refractivity contribution in [2.24, 2.45) is 11.7 Å². The average molecular weight is 248 g/mol. The number of anilines is 1. The van der Waals surface area contributed by atoms with Crippen molar-refractivity contribution in [3.05, 3.63) is 23.8 Å². The fourth-order valence-electron chi connectivity index (χ4n) is 2.18. The predicted octanol–water partition coefficient (Wildman–Crippen LogP) is 1.70. The van der Waals surface area contributed by atoms with E-state index in [0.717, 1.165) is 17.0 Å². The normalized spacial score (nSPS) is 18.8. The molecule has 0 spiro atoms. The lowest BCUT2D eigenvalue weighted by molar-refractivity contribution is -0.128. The van der Waals surface area contributed by atoms with Crippen LogP contribution < -0.4 is 15.4 Å². The van der Waals surface area contributed by atoms with E-state index in [4.69, 9.17) is 10.5 Å². The molecule has 1 aromatic rings. The van der Waals surface area contributed by atoms with Crippen molar-refractivity contribution < 1.29 is 9.53 Å². The van der Waals surface area contributed by atoms with Crippen LogP contribution in [0, 0.1) is 12.8 Å². The van der Waals surface area contributed by atoms with Gasteiger partial charge < -0.3 is 15.4 Å². The molecule has 1 heterocycles. The van der Waals surface area contributed by atoms with Crippen LogP contribution in [0.1, 0.15) is 19.4 Å². The molecule has 0 radical (unpaired) electrons. The van der Waals surface area contributed by atoms with E-state index >= 15 is 0 Å². The van der Waals surface area contributed by atoms with E-state index in [9.17, 15) is 4.79 Å². The number of aryl methyl sites for hydroxylation is 1. The Kier molecular flexibility index (Phi) is 3.57. The summed E-state index contributed by atoms with van der Waals surface area (Å²) >= 11 is 0. The minimum absolute atomic E-state index is 0.00792. The van der Waals surface area contributed by atoms with Gasteiger partial charge in [-0.1, -0.05) is 19.9 Å². The predicted molar refractivity (Wildman–Crippen MR) is 71.8 cm³/mol. The summed E-state index contributed by atoms with van der Waals surface area (Å²) < 4.78 is 5.81. The number of benzene rings is 1. The first-order valence-corrected chi connectivity index (χ1v) is 6.33. The molecule has 1 aliphatic heterocycles. The fraction of sp³-hybridized carbons (Fsp3) is 0.500. The largest absolute Gasteiger partial charge is 0.478 e. The van der Waals surface area contributed by atoms with Crippen LogP contribution in [0.3, 0.4) is 0 Å². The first kappa shape index (κ1) is 12.9. The summed E-state index contributed by atoms with van der Waals surface area (Å²) in [5.41, 5.74) is 7.55. The summed E-state index contributed by atoms with van der Waals surface area (Å²) in [6.45, 7) is 6.95. The summed E-state index contributed by atoms with van der Waals surface area (Å²) in [4.78, 5) is 14.1. The molecule has 1 aliphatic rings. The number of nitrogens with two attached hydrogens (primary N) is 1. The number of fused-ring (bicyclic) bond motifs is 1. The van der Waals surface area contributed by atoms with Crippen LogP contribution in [0.4, 0.5) is 5.69 Å². The standard InChI is InChI=1S/C14H20N2O2/c1-9(2)13-14(17)16(7-6-15)11-8-10(3)4-5-12(11)18-13/h4-5,8-9,13H,6-7,15H2,1-3H3. The zero-order valence-electron chi connectivity index (χ0n) is 11.1. The third kappa shape index (κ3) is 2.20. The summed E-state index contributed by atoms with van der Waals surface area (Å²) in [6, 6.07) is 5.89. The number of carbonyl (C=O) groups is 1. The van der Waals surface area contributed by atoms with Crippen LogP contribution in [0.25, 0.3) is 0 Å². The lowest BCUT2D eigenvalue weighted by atomic mass is 10.0. The molecule has 2 N–H and O–H groups in total. The Bertz CT molecular complexity index is 457. The Morgan fingerprint density at radius 1 is 1.44 bits per heavy atom. The van der Waals surface area contributed by atoms with Crippen LogP contribution in [-0.4, -0.2) is 25.1 Å². The quantitative estimate of drug-likeness (QED) is 0.886. The number of hydrogen-bond donors (Lipinski definition) is 1. The van der Waals surface area contributed by atoms with Crippen molar-refractivity contribution in [3.63, 3.8) is 0 Å². The average Bonchev–Trinajstić information content (AvgIpc) is 2.32. The Morgan fingerprint density at radius 3 is 2.78 bits per heavy atom. The highest BCUT2D eigenvalue weighted by atomic mass is 16.5. The topological polar surface area (TPSA) is 55.6 Å². The molecule has 0 aromatic heterocycles. The Balaban J connectivity index is 2.44. The van der Waals surface area contributed by atoms with E-state index in [1.807, 2.05) is 39.0 Å². The lowest BCUT2D eigenvalue weighted by Gasteiger charge is -2.36. The molecule has 98 valence electrons. The third-order valence-corrected chi connectivity index (χ3v) is 3.13. The van der Waals surface area contributed by atoms with Gasteiger partial charge in [-0.3, -0.25) is 4.79 Å². The molecule has 0 fully saturated rings. The second-order valence-electron chi connectivity index (χ2n) is 5.03. The van der Waals surface area contributed by atoms with Crippen molar-refractivity contribution in [1.29, 1.82) is 0 Å². The van der Waals surface area contributed by atoms with Crippen molar-refractivity contribution in [2.45, 2.75) is 26.9 Å². The van der Waals surface area contributed by atoms with E-state index in [0.29, 0.717) is 13.1 Å². The maximum Gasteiger partial charge on any atom is 0.268 e. The molecular weight excluding hydrogens is 228 g/mol. The van der Waals surface area contributed by atoms with Gasteiger partial charge >= 0.3 is 0 Å². The summed E-state index contributed by atoms with van der Waals surface area (Å²) in [6.07, 6.45) is -0.410. The summed E-state index contributed by atoms with van der Waals surface area (Å²) in [7, 11) is 0. The Labute approximate surface area is 108 Å². The molecule has 4 heteroatoms. The van der Waals surface area contributed by atoms with Gasteiger partial charge in [0.05, 0.1) is 5.69 Å². The first-order chi connectivity index (χ1) is 8.54. The van der Waals surface area contributed by atoms with Crippen LogP contribution >= 0.6 is 0 Å². The van der Waals surface area contributed by atoms with Gasteiger partial charge in [0.25, 0.3) is 5.91 Å². The van der Waals surface area contributed by atoms with Crippen molar-refractivity contribution >= 4 is 11.6 Å². The second kappa shape index (κ2) is 4.98. The number of ether oxygens (including phenoxy) is 1. The lowest BCUT2D eigenvalue weighted by Crippen LogP contribution is -2.49. The molecule has 1 atom stereocenters. The number of hydrogen-bond acceptors (Lipinski definition) is 3. The minimum atomic E-state index is -0.410. The fourth-order valence-corrected chi connectivity index (χ4v) is 2.18. The van der Waals surface area contributed by atoms with E-state index in [-0.39, 0.29) is 11.8 Å². The SMILES string of the molecule is Cc1ccc2c(c1)N(CCN)C(=O)C(C(C)C)O2. The number of rotatable bonds is 3. The van der Waals surface area contributed by atoms with Crippen LogP contribution in [0.5, 0.6) is 5.75 Å². The van der Waals surface area contributed by atoms with E-state index in [2.05, 4.69) is 0 Å². The van der Waals surface area contributed by atoms with Crippen molar-refractivity contribution in [3.8, 4) is 5.75 Å². The molecule has 4 nitrogen and oxygen atoms in total. The van der Waals surface area contributed by atoms with Gasteiger partial charge in [0.1, 0.15) is 5.75 Å². The van der Waals surface area contributed by atoms with Gasteiger partial charge in [-0.25, -0.2) is 0 Å². The molecule has 0 saturated heterocycles. The summed E-state index contributed by atoms with van der Waals surface area (Å²) in [5.74, 6) is 0.924. The molecule has 1 amide bonds. The van der Waals surface area contributed by atoms with Crippen LogP contribution in [0.2, 0.25) is 0 Å². The molecule has 1 unspecified atom stereocenters. The number of nitrogens with zero attached hydrogens (tertiary/aromatic N) is 1. The third-order valence-electron chi connectivity index (χ3n) is 3.13. The zero-order chi connectivity index (χ0) is 13.3. The second-order valence-corrected chi connectivity index (χ2v) is 5.03. The van der Waals surface area contributed by atoms with Crippen molar-refractivity contribution in [1.82, 2.24) is 0 Å².